The molecule has 3 aromatic heterocycles. The zero-order valence-corrected chi connectivity index (χ0v) is 16.7. The van der Waals surface area contributed by atoms with Gasteiger partial charge in [0.25, 0.3) is 0 Å². The number of aromatic amines is 1. The third kappa shape index (κ3) is 3.49. The second-order valence-corrected chi connectivity index (χ2v) is 8.33. The van der Waals surface area contributed by atoms with Crippen molar-refractivity contribution in [3.63, 3.8) is 0 Å². The average Bonchev–Trinajstić information content (AvgIpc) is 3.26. The van der Waals surface area contributed by atoms with Gasteiger partial charge in [0.2, 0.25) is 5.95 Å². The predicted molar refractivity (Wildman–Crippen MR) is 112 cm³/mol. The number of aromatic nitrogens is 6. The van der Waals surface area contributed by atoms with Crippen LogP contribution >= 0.6 is 0 Å². The lowest BCUT2D eigenvalue weighted by molar-refractivity contribution is 0.0591. The molecule has 1 aliphatic rings. The molecule has 29 heavy (non-hydrogen) atoms. The van der Waals surface area contributed by atoms with Gasteiger partial charge in [-0.15, -0.1) is 0 Å². The minimum atomic E-state index is -0.849. The molecule has 3 heterocycles. The van der Waals surface area contributed by atoms with Gasteiger partial charge in [-0.05, 0) is 45.7 Å². The van der Waals surface area contributed by atoms with Crippen LogP contribution in [0.5, 0.6) is 0 Å². The van der Waals surface area contributed by atoms with E-state index in [2.05, 4.69) is 30.9 Å². The Morgan fingerprint density at radius 2 is 2.10 bits per heavy atom. The fraction of sp³-hybridized carbons (Fsp3) is 0.400. The van der Waals surface area contributed by atoms with Crippen molar-refractivity contribution in [2.45, 2.75) is 51.8 Å². The van der Waals surface area contributed by atoms with Crippen LogP contribution in [-0.4, -0.2) is 46.7 Å². The minimum absolute atomic E-state index is 0.408. The van der Waals surface area contributed by atoms with Gasteiger partial charge in [-0.3, -0.25) is 9.78 Å². The molecule has 0 aliphatic heterocycles. The summed E-state index contributed by atoms with van der Waals surface area (Å²) in [7, 11) is 0. The molecule has 1 aromatic carbocycles. The van der Waals surface area contributed by atoms with Crippen molar-refractivity contribution < 1.29 is 5.11 Å². The largest absolute Gasteiger partial charge is 0.389 e. The van der Waals surface area contributed by atoms with Crippen LogP contribution < -0.4 is 10.6 Å². The monoisotopic (exact) mass is 392 g/mol. The van der Waals surface area contributed by atoms with Crippen LogP contribution in [0.1, 0.15) is 32.4 Å². The predicted octanol–water partition coefficient (Wildman–Crippen LogP) is 3.10. The van der Waals surface area contributed by atoms with Crippen molar-refractivity contribution >= 4 is 39.4 Å². The Balaban J connectivity index is 1.53. The lowest BCUT2D eigenvalue weighted by Gasteiger charge is -2.17. The molecule has 4 aromatic rings. The van der Waals surface area contributed by atoms with Crippen molar-refractivity contribution in [1.29, 1.82) is 0 Å². The number of hydrogen-bond donors (Lipinski definition) is 4. The molecule has 0 atom stereocenters. The van der Waals surface area contributed by atoms with E-state index in [1.54, 1.807) is 20.0 Å². The second kappa shape index (κ2) is 6.41. The van der Waals surface area contributed by atoms with E-state index in [4.69, 9.17) is 4.98 Å². The Morgan fingerprint density at radius 3 is 2.86 bits per heavy atom. The number of fused-ring (bicyclic) bond motifs is 2. The number of aryl methyl sites for hydroxylation is 1. The van der Waals surface area contributed by atoms with Crippen LogP contribution in [0.25, 0.3) is 21.9 Å². The van der Waals surface area contributed by atoms with E-state index in [-0.39, 0.29) is 0 Å². The lowest BCUT2D eigenvalue weighted by atomic mass is 10.1. The van der Waals surface area contributed by atoms with Crippen molar-refractivity contribution in [2.75, 3.05) is 10.6 Å². The molecule has 0 unspecified atom stereocenters. The average molecular weight is 392 g/mol. The quantitative estimate of drug-likeness (QED) is 0.398. The summed E-state index contributed by atoms with van der Waals surface area (Å²) < 4.78 is 1.81. The maximum atomic E-state index is 10.2. The molecule has 9 nitrogen and oxygen atoms in total. The van der Waals surface area contributed by atoms with Gasteiger partial charge in [-0.2, -0.15) is 20.2 Å². The first-order valence-corrected chi connectivity index (χ1v) is 9.80. The molecule has 1 fully saturated rings. The molecule has 150 valence electrons. The molecular formula is C20H24N8O. The molecule has 0 saturated heterocycles. The number of benzene rings is 1. The van der Waals surface area contributed by atoms with E-state index in [0.717, 1.165) is 46.3 Å². The zero-order valence-electron chi connectivity index (χ0n) is 16.7. The molecule has 4 N–H and O–H groups in total. The number of hydrogen-bond acceptors (Lipinski definition) is 7. The first kappa shape index (κ1) is 17.9. The Bertz CT molecular complexity index is 1200. The summed E-state index contributed by atoms with van der Waals surface area (Å²) in [5.41, 5.74) is 2.53. The van der Waals surface area contributed by atoms with Gasteiger partial charge in [0, 0.05) is 11.4 Å². The van der Waals surface area contributed by atoms with E-state index >= 15 is 0 Å². The SMILES string of the molecule is Cc1n[nH]c2nc(Nc3cccc4c3cnn4CC(C)(C)O)nc(NC3CC3)c12. The Labute approximate surface area is 167 Å². The number of rotatable bonds is 6. The number of nitrogens with zero attached hydrogens (tertiary/aromatic N) is 5. The molecule has 1 saturated carbocycles. The van der Waals surface area contributed by atoms with Crippen molar-refractivity contribution in [1.82, 2.24) is 29.9 Å². The highest BCUT2D eigenvalue weighted by molar-refractivity contribution is 5.94. The number of aliphatic hydroxyl groups is 1. The Hall–Kier alpha value is -3.20. The summed E-state index contributed by atoms with van der Waals surface area (Å²) in [5.74, 6) is 1.29. The van der Waals surface area contributed by atoms with E-state index in [0.29, 0.717) is 24.2 Å². The van der Waals surface area contributed by atoms with Crippen molar-refractivity contribution in [3.05, 3.63) is 30.1 Å². The van der Waals surface area contributed by atoms with Gasteiger partial charge in [0.05, 0.1) is 40.6 Å². The summed E-state index contributed by atoms with van der Waals surface area (Å²) in [6.07, 6.45) is 4.11. The van der Waals surface area contributed by atoms with Crippen molar-refractivity contribution in [2.24, 2.45) is 0 Å². The summed E-state index contributed by atoms with van der Waals surface area (Å²) in [5, 5.41) is 30.6. The Kier molecular flexibility index (Phi) is 3.95. The van der Waals surface area contributed by atoms with Crippen LogP contribution in [0.15, 0.2) is 24.4 Å². The van der Waals surface area contributed by atoms with Gasteiger partial charge in [0.1, 0.15) is 5.82 Å². The summed E-state index contributed by atoms with van der Waals surface area (Å²) in [6.45, 7) is 5.90. The van der Waals surface area contributed by atoms with Gasteiger partial charge < -0.3 is 15.7 Å². The highest BCUT2D eigenvalue weighted by atomic mass is 16.3. The van der Waals surface area contributed by atoms with E-state index in [1.165, 1.54) is 0 Å². The summed E-state index contributed by atoms with van der Waals surface area (Å²) in [4.78, 5) is 9.33. The van der Waals surface area contributed by atoms with Gasteiger partial charge in [0.15, 0.2) is 5.65 Å². The molecule has 0 radical (unpaired) electrons. The summed E-state index contributed by atoms with van der Waals surface area (Å²) >= 11 is 0. The second-order valence-electron chi connectivity index (χ2n) is 8.33. The molecule has 0 amide bonds. The Morgan fingerprint density at radius 1 is 1.28 bits per heavy atom. The molecule has 9 heteroatoms. The van der Waals surface area contributed by atoms with Gasteiger partial charge in [-0.1, -0.05) is 6.07 Å². The number of H-pyrrole nitrogens is 1. The molecule has 1 aliphatic carbocycles. The number of anilines is 3. The normalized spacial score (nSPS) is 14.6. The topological polar surface area (TPSA) is 117 Å². The van der Waals surface area contributed by atoms with Gasteiger partial charge >= 0.3 is 0 Å². The van der Waals surface area contributed by atoms with Crippen LogP contribution in [0.2, 0.25) is 0 Å². The lowest BCUT2D eigenvalue weighted by Crippen LogP contribution is -2.26. The summed E-state index contributed by atoms with van der Waals surface area (Å²) in [6, 6.07) is 6.38. The third-order valence-electron chi connectivity index (χ3n) is 4.99. The van der Waals surface area contributed by atoms with E-state index < -0.39 is 5.60 Å². The maximum absolute atomic E-state index is 10.2. The standard InChI is InChI=1S/C20H24N8O/c1-11-16-17(22-12-7-8-12)24-19(25-18(16)27-26-11)23-14-5-4-6-15-13(14)9-21-28(15)10-20(2,3)29/h4-6,9,12,29H,7-8,10H2,1-3H3,(H3,22,23,24,25,26,27). The maximum Gasteiger partial charge on any atom is 0.231 e. The smallest absolute Gasteiger partial charge is 0.231 e. The molecular weight excluding hydrogens is 368 g/mol. The zero-order chi connectivity index (χ0) is 20.2. The molecule has 0 bridgehead atoms. The van der Waals surface area contributed by atoms with Crippen LogP contribution in [-0.2, 0) is 6.54 Å². The van der Waals surface area contributed by atoms with Crippen LogP contribution in [0, 0.1) is 6.92 Å². The molecule has 0 spiro atoms. The first-order valence-electron chi connectivity index (χ1n) is 9.80. The van der Waals surface area contributed by atoms with Crippen LogP contribution in [0.3, 0.4) is 0 Å². The fourth-order valence-electron chi connectivity index (χ4n) is 3.48. The molecule has 5 rings (SSSR count). The van der Waals surface area contributed by atoms with Crippen LogP contribution in [0.4, 0.5) is 17.5 Å². The van der Waals surface area contributed by atoms with Crippen molar-refractivity contribution in [3.8, 4) is 0 Å². The first-order chi connectivity index (χ1) is 13.9. The highest BCUT2D eigenvalue weighted by Crippen LogP contribution is 2.31. The number of nitrogens with one attached hydrogen (secondary N) is 3. The highest BCUT2D eigenvalue weighted by Gasteiger charge is 2.24. The van der Waals surface area contributed by atoms with Gasteiger partial charge in [-0.25, -0.2) is 0 Å². The van der Waals surface area contributed by atoms with E-state index in [9.17, 15) is 5.11 Å². The van der Waals surface area contributed by atoms with E-state index in [1.807, 2.05) is 29.8 Å². The fourth-order valence-corrected chi connectivity index (χ4v) is 3.48. The minimum Gasteiger partial charge on any atom is -0.389 e. The third-order valence-corrected chi connectivity index (χ3v) is 4.99.